The molecule has 0 spiro atoms. The lowest BCUT2D eigenvalue weighted by Crippen LogP contribution is -2.38. The van der Waals surface area contributed by atoms with Gasteiger partial charge in [0, 0.05) is 54.3 Å². The van der Waals surface area contributed by atoms with Crippen LogP contribution in [0.2, 0.25) is 0 Å². The van der Waals surface area contributed by atoms with Gasteiger partial charge in [-0.3, -0.25) is 23.9 Å². The number of rotatable bonds is 7. The fraction of sp³-hybridized carbons (Fsp3) is 0.478. The Morgan fingerprint density at radius 3 is 2.56 bits per heavy atom. The molecule has 1 aromatic heterocycles. The number of benzene rings is 1. The van der Waals surface area contributed by atoms with Crippen molar-refractivity contribution in [2.45, 2.75) is 44.4 Å². The third kappa shape index (κ3) is 5.15. The van der Waals surface area contributed by atoms with Gasteiger partial charge in [0.2, 0.25) is 5.91 Å². The summed E-state index contributed by atoms with van der Waals surface area (Å²) in [6.45, 7) is 2.18. The van der Waals surface area contributed by atoms with Crippen LogP contribution in [0.5, 0.6) is 0 Å². The molecule has 1 fully saturated rings. The minimum atomic E-state index is -0.488. The third-order valence-corrected chi connectivity index (χ3v) is 7.05. The highest BCUT2D eigenvalue weighted by atomic mass is 32.2. The third-order valence-electron chi connectivity index (χ3n) is 6.06. The van der Waals surface area contributed by atoms with Crippen LogP contribution in [-0.4, -0.2) is 46.6 Å². The first-order valence-corrected chi connectivity index (χ1v) is 12.3. The Hall–Kier alpha value is -2.81. The van der Waals surface area contributed by atoms with Crippen LogP contribution < -0.4 is 21.5 Å². The van der Waals surface area contributed by atoms with Gasteiger partial charge in [-0.05, 0) is 55.7 Å². The standard InChI is InChI=1S/C23H28N4O4S/c28-20(16-4-6-17(7-5-16)26-10-2-1-3-11-26)14-24-21(29)8-12-27-19-9-13-32-15-18(19)22(30)25-23(27)31/h4-7H,1-3,8-15H2,(H,24,29)(H,25,30,31). The average Bonchev–Trinajstić information content (AvgIpc) is 2.83. The van der Waals surface area contributed by atoms with Gasteiger partial charge in [-0.2, -0.15) is 11.8 Å². The molecule has 2 aliphatic heterocycles. The van der Waals surface area contributed by atoms with Crippen LogP contribution in [0.25, 0.3) is 0 Å². The molecule has 3 heterocycles. The Morgan fingerprint density at radius 2 is 1.81 bits per heavy atom. The number of hydrogen-bond donors (Lipinski definition) is 2. The number of amides is 1. The van der Waals surface area contributed by atoms with Crippen LogP contribution in [0.4, 0.5) is 5.69 Å². The molecule has 1 amide bonds. The molecule has 0 unspecified atom stereocenters. The van der Waals surface area contributed by atoms with E-state index >= 15 is 0 Å². The highest BCUT2D eigenvalue weighted by Gasteiger charge is 2.19. The second kappa shape index (κ2) is 10.2. The lowest BCUT2D eigenvalue weighted by molar-refractivity contribution is -0.121. The smallest absolute Gasteiger partial charge is 0.328 e. The van der Waals surface area contributed by atoms with Crippen LogP contribution in [0.15, 0.2) is 33.9 Å². The van der Waals surface area contributed by atoms with Crippen molar-refractivity contribution in [3.63, 3.8) is 0 Å². The fourth-order valence-electron chi connectivity index (χ4n) is 4.26. The van der Waals surface area contributed by atoms with Crippen molar-refractivity contribution in [1.29, 1.82) is 0 Å². The molecule has 0 atom stereocenters. The van der Waals surface area contributed by atoms with E-state index < -0.39 is 5.69 Å². The number of piperidine rings is 1. The van der Waals surface area contributed by atoms with Crippen LogP contribution >= 0.6 is 11.8 Å². The van der Waals surface area contributed by atoms with E-state index in [0.29, 0.717) is 23.3 Å². The summed E-state index contributed by atoms with van der Waals surface area (Å²) in [7, 11) is 0. The molecule has 170 valence electrons. The van der Waals surface area contributed by atoms with Crippen molar-refractivity contribution in [3.05, 3.63) is 61.9 Å². The molecule has 2 aromatic rings. The Kier molecular flexibility index (Phi) is 7.14. The van der Waals surface area contributed by atoms with Gasteiger partial charge in [0.15, 0.2) is 5.78 Å². The molecule has 1 aromatic carbocycles. The second-order valence-electron chi connectivity index (χ2n) is 8.18. The van der Waals surface area contributed by atoms with Crippen molar-refractivity contribution < 1.29 is 9.59 Å². The summed E-state index contributed by atoms with van der Waals surface area (Å²) in [6.07, 6.45) is 4.35. The number of nitrogens with zero attached hydrogens (tertiary/aromatic N) is 2. The summed E-state index contributed by atoms with van der Waals surface area (Å²) in [4.78, 5) is 53.7. The maximum Gasteiger partial charge on any atom is 0.328 e. The highest BCUT2D eigenvalue weighted by molar-refractivity contribution is 7.98. The van der Waals surface area contributed by atoms with Crippen molar-refractivity contribution in [2.75, 3.05) is 30.3 Å². The Labute approximate surface area is 190 Å². The maximum absolute atomic E-state index is 12.5. The number of anilines is 1. The van der Waals surface area contributed by atoms with Crippen LogP contribution in [0.3, 0.4) is 0 Å². The van der Waals surface area contributed by atoms with Gasteiger partial charge in [-0.15, -0.1) is 0 Å². The number of carbonyl (C=O) groups excluding carboxylic acids is 2. The molecule has 1 saturated heterocycles. The predicted molar refractivity (Wildman–Crippen MR) is 126 cm³/mol. The SMILES string of the molecule is O=C(CCn1c2c(c(=O)[nH]c1=O)CSCC2)NCC(=O)c1ccc(N2CCCCC2)cc1. The van der Waals surface area contributed by atoms with E-state index in [1.54, 1.807) is 11.8 Å². The zero-order valence-corrected chi connectivity index (χ0v) is 18.8. The molecule has 0 saturated carbocycles. The first kappa shape index (κ1) is 22.4. The molecule has 0 bridgehead atoms. The average molecular weight is 457 g/mol. The van der Waals surface area contributed by atoms with Crippen LogP contribution in [0.1, 0.15) is 47.3 Å². The zero-order chi connectivity index (χ0) is 22.5. The first-order chi connectivity index (χ1) is 15.5. The summed E-state index contributed by atoms with van der Waals surface area (Å²) in [5.41, 5.74) is 2.19. The van der Waals surface area contributed by atoms with E-state index in [-0.39, 0.29) is 36.8 Å². The Morgan fingerprint density at radius 1 is 1.06 bits per heavy atom. The topological polar surface area (TPSA) is 104 Å². The van der Waals surface area contributed by atoms with Gasteiger partial charge < -0.3 is 10.2 Å². The van der Waals surface area contributed by atoms with E-state index in [0.717, 1.165) is 30.2 Å². The molecule has 0 radical (unpaired) electrons. The number of nitrogens with one attached hydrogen (secondary N) is 2. The monoisotopic (exact) mass is 456 g/mol. The van der Waals surface area contributed by atoms with Crippen molar-refractivity contribution >= 4 is 29.1 Å². The van der Waals surface area contributed by atoms with Gasteiger partial charge in [0.1, 0.15) is 0 Å². The quantitative estimate of drug-likeness (QED) is 0.615. The lowest BCUT2D eigenvalue weighted by atomic mass is 10.1. The lowest BCUT2D eigenvalue weighted by Gasteiger charge is -2.28. The van der Waals surface area contributed by atoms with E-state index in [4.69, 9.17) is 0 Å². The summed E-state index contributed by atoms with van der Waals surface area (Å²) < 4.78 is 1.48. The van der Waals surface area contributed by atoms with Crippen LogP contribution in [0, 0.1) is 0 Å². The minimum absolute atomic E-state index is 0.0622. The number of ketones is 1. The zero-order valence-electron chi connectivity index (χ0n) is 18.0. The number of aromatic amines is 1. The molecule has 9 heteroatoms. The summed E-state index contributed by atoms with van der Waals surface area (Å²) >= 11 is 1.65. The number of Topliss-reactive ketones (excluding diaryl/α,β-unsaturated/α-hetero) is 1. The normalized spacial score (nSPS) is 15.8. The molecule has 2 aliphatic rings. The summed E-state index contributed by atoms with van der Waals surface area (Å²) in [5, 5.41) is 2.65. The summed E-state index contributed by atoms with van der Waals surface area (Å²) in [6, 6.07) is 7.54. The predicted octanol–water partition coefficient (Wildman–Crippen LogP) is 1.71. The number of thioether (sulfide) groups is 1. The van der Waals surface area contributed by atoms with Crippen LogP contribution in [-0.2, 0) is 23.5 Å². The van der Waals surface area contributed by atoms with Gasteiger partial charge >= 0.3 is 5.69 Å². The van der Waals surface area contributed by atoms with Crippen molar-refractivity contribution in [1.82, 2.24) is 14.9 Å². The number of H-pyrrole nitrogens is 1. The minimum Gasteiger partial charge on any atom is -0.372 e. The van der Waals surface area contributed by atoms with E-state index in [2.05, 4.69) is 15.2 Å². The Balaban J connectivity index is 1.30. The van der Waals surface area contributed by atoms with Gasteiger partial charge in [0.05, 0.1) is 6.54 Å². The summed E-state index contributed by atoms with van der Waals surface area (Å²) in [5.74, 6) is 0.953. The number of hydrogen-bond acceptors (Lipinski definition) is 6. The van der Waals surface area contributed by atoms with Gasteiger partial charge in [-0.25, -0.2) is 4.79 Å². The van der Waals surface area contributed by atoms with Crippen molar-refractivity contribution in [3.8, 4) is 0 Å². The van der Waals surface area contributed by atoms with Crippen molar-refractivity contribution in [2.24, 2.45) is 0 Å². The second-order valence-corrected chi connectivity index (χ2v) is 9.29. The molecule has 4 rings (SSSR count). The molecular formula is C23H28N4O4S. The molecule has 32 heavy (non-hydrogen) atoms. The van der Waals surface area contributed by atoms with E-state index in [1.807, 2.05) is 24.3 Å². The van der Waals surface area contributed by atoms with Gasteiger partial charge in [-0.1, -0.05) is 0 Å². The maximum atomic E-state index is 12.5. The fourth-order valence-corrected chi connectivity index (χ4v) is 5.25. The number of aromatic nitrogens is 2. The molecule has 2 N–H and O–H groups in total. The number of fused-ring (bicyclic) bond motifs is 1. The molecular weight excluding hydrogens is 428 g/mol. The molecule has 0 aliphatic carbocycles. The van der Waals surface area contributed by atoms with E-state index in [1.165, 1.54) is 23.8 Å². The van der Waals surface area contributed by atoms with Gasteiger partial charge in [0.25, 0.3) is 5.56 Å². The largest absolute Gasteiger partial charge is 0.372 e. The molecule has 8 nitrogen and oxygen atoms in total. The first-order valence-electron chi connectivity index (χ1n) is 11.1. The van der Waals surface area contributed by atoms with E-state index in [9.17, 15) is 19.2 Å². The highest BCUT2D eigenvalue weighted by Crippen LogP contribution is 2.21. The number of carbonyl (C=O) groups is 2. The Bertz CT molecular complexity index is 1100.